The topological polar surface area (TPSA) is 75.9 Å². The number of nitrogens with two attached hydrogens (primary N) is 1. The average molecular weight is 265 g/mol. The van der Waals surface area contributed by atoms with Crippen molar-refractivity contribution < 1.29 is 14.6 Å². The van der Waals surface area contributed by atoms with Crippen LogP contribution in [0.25, 0.3) is 0 Å². The first kappa shape index (κ1) is 14.3. The number of aliphatic hydroxyl groups is 1. The SMILES string of the molecule is C=C(C(N)=O)[C@H]1CC/C(C)=C\CC[C@@]2(C)O[C@@H]2[C@H]1O. The summed E-state index contributed by atoms with van der Waals surface area (Å²) in [6.07, 6.45) is 4.69. The van der Waals surface area contributed by atoms with Crippen LogP contribution < -0.4 is 5.73 Å². The first-order chi connectivity index (χ1) is 8.85. The molecule has 3 N–H and O–H groups in total. The first-order valence-electron chi connectivity index (χ1n) is 6.85. The van der Waals surface area contributed by atoms with Crippen molar-refractivity contribution >= 4 is 5.91 Å². The predicted molar refractivity (Wildman–Crippen MR) is 73.3 cm³/mol. The van der Waals surface area contributed by atoms with Gasteiger partial charge in [0, 0.05) is 11.5 Å². The molecule has 1 aliphatic heterocycles. The maximum Gasteiger partial charge on any atom is 0.244 e. The summed E-state index contributed by atoms with van der Waals surface area (Å²) in [6, 6.07) is 0. The smallest absolute Gasteiger partial charge is 0.244 e. The Morgan fingerprint density at radius 3 is 2.95 bits per heavy atom. The van der Waals surface area contributed by atoms with Gasteiger partial charge in [-0.2, -0.15) is 0 Å². The number of amides is 1. The molecule has 0 aromatic heterocycles. The monoisotopic (exact) mass is 265 g/mol. The van der Waals surface area contributed by atoms with Crippen LogP contribution in [0.2, 0.25) is 0 Å². The van der Waals surface area contributed by atoms with Gasteiger partial charge in [-0.3, -0.25) is 4.79 Å². The van der Waals surface area contributed by atoms with E-state index in [1.165, 1.54) is 5.57 Å². The Morgan fingerprint density at radius 2 is 2.32 bits per heavy atom. The number of ether oxygens (including phenoxy) is 1. The van der Waals surface area contributed by atoms with Crippen molar-refractivity contribution in [3.63, 3.8) is 0 Å². The standard InChI is InChI=1S/C15H23NO3/c1-9-5-4-8-15(3)13(19-15)12(17)11(7-6-9)10(2)14(16)18/h5,11-13,17H,2,4,6-8H2,1,3H3,(H2,16,18)/b9-5-/t11-,12+,13-,15-/m1/s1. The highest BCUT2D eigenvalue weighted by Crippen LogP contribution is 2.46. The first-order valence-corrected chi connectivity index (χ1v) is 6.85. The number of aliphatic hydroxyl groups excluding tert-OH is 1. The normalized spacial score (nSPS) is 41.6. The molecule has 1 amide bonds. The second-order valence-electron chi connectivity index (χ2n) is 5.97. The number of fused-ring (bicyclic) bond motifs is 1. The maximum atomic E-state index is 11.3. The fraction of sp³-hybridized carbons (Fsp3) is 0.667. The molecule has 1 saturated heterocycles. The van der Waals surface area contributed by atoms with Crippen molar-refractivity contribution in [3.05, 3.63) is 23.8 Å². The van der Waals surface area contributed by atoms with Crippen LogP contribution in [0.5, 0.6) is 0 Å². The molecule has 106 valence electrons. The average Bonchev–Trinajstić information content (AvgIpc) is 3.00. The predicted octanol–water partition coefficient (Wildman–Crippen LogP) is 1.68. The second kappa shape index (κ2) is 5.10. The van der Waals surface area contributed by atoms with Gasteiger partial charge in [0.05, 0.1) is 11.7 Å². The fourth-order valence-corrected chi connectivity index (χ4v) is 2.92. The zero-order valence-corrected chi connectivity index (χ0v) is 11.7. The van der Waals surface area contributed by atoms with Gasteiger partial charge < -0.3 is 15.6 Å². The molecule has 0 radical (unpaired) electrons. The number of carbonyl (C=O) groups excluding carboxylic acids is 1. The Morgan fingerprint density at radius 1 is 1.63 bits per heavy atom. The van der Waals surface area contributed by atoms with Crippen LogP contribution in [0.15, 0.2) is 23.8 Å². The van der Waals surface area contributed by atoms with Gasteiger partial charge in [-0.15, -0.1) is 0 Å². The molecule has 0 aromatic rings. The van der Waals surface area contributed by atoms with E-state index in [-0.39, 0.29) is 17.6 Å². The molecule has 0 spiro atoms. The summed E-state index contributed by atoms with van der Waals surface area (Å²) >= 11 is 0. The van der Waals surface area contributed by atoms with Crippen molar-refractivity contribution in [1.82, 2.24) is 0 Å². The van der Waals surface area contributed by atoms with Gasteiger partial charge in [0.2, 0.25) is 5.91 Å². The number of rotatable bonds is 2. The fourth-order valence-electron chi connectivity index (χ4n) is 2.92. The Hall–Kier alpha value is -1.13. The molecule has 0 bridgehead atoms. The van der Waals surface area contributed by atoms with Gasteiger partial charge >= 0.3 is 0 Å². The highest BCUT2D eigenvalue weighted by atomic mass is 16.6. The number of allylic oxidation sites excluding steroid dienone is 2. The van der Waals surface area contributed by atoms with Crippen LogP contribution in [0.3, 0.4) is 0 Å². The number of hydrogen-bond acceptors (Lipinski definition) is 3. The largest absolute Gasteiger partial charge is 0.390 e. The Kier molecular flexibility index (Phi) is 3.83. The van der Waals surface area contributed by atoms with Gasteiger partial charge in [-0.1, -0.05) is 18.2 Å². The second-order valence-corrected chi connectivity index (χ2v) is 5.97. The maximum absolute atomic E-state index is 11.3. The molecule has 4 heteroatoms. The van der Waals surface area contributed by atoms with Gasteiger partial charge in [-0.25, -0.2) is 0 Å². The van der Waals surface area contributed by atoms with Gasteiger partial charge in [-0.05, 0) is 39.5 Å². The van der Waals surface area contributed by atoms with E-state index in [9.17, 15) is 9.90 Å². The molecule has 2 rings (SSSR count). The molecule has 4 atom stereocenters. The Bertz CT molecular complexity index is 429. The molecule has 1 fully saturated rings. The lowest BCUT2D eigenvalue weighted by Gasteiger charge is -2.24. The molecule has 0 saturated carbocycles. The molecule has 4 nitrogen and oxygen atoms in total. The minimum atomic E-state index is -0.698. The molecule has 1 heterocycles. The molecule has 1 aliphatic carbocycles. The van der Waals surface area contributed by atoms with Crippen molar-refractivity contribution in [2.24, 2.45) is 11.7 Å². The van der Waals surface area contributed by atoms with E-state index in [1.807, 2.05) is 6.92 Å². The van der Waals surface area contributed by atoms with Crippen LogP contribution in [0.4, 0.5) is 0 Å². The van der Waals surface area contributed by atoms with Gasteiger partial charge in [0.1, 0.15) is 6.10 Å². The quantitative estimate of drug-likeness (QED) is 0.453. The molecule has 0 aromatic carbocycles. The highest BCUT2D eigenvalue weighted by molar-refractivity contribution is 5.91. The lowest BCUT2D eigenvalue weighted by molar-refractivity contribution is -0.115. The zero-order valence-electron chi connectivity index (χ0n) is 11.7. The lowest BCUT2D eigenvalue weighted by Crippen LogP contribution is -2.35. The van der Waals surface area contributed by atoms with E-state index in [2.05, 4.69) is 19.6 Å². The van der Waals surface area contributed by atoms with Crippen LogP contribution in [0.1, 0.15) is 39.5 Å². The van der Waals surface area contributed by atoms with E-state index in [1.54, 1.807) is 0 Å². The minimum Gasteiger partial charge on any atom is -0.390 e. The van der Waals surface area contributed by atoms with Crippen molar-refractivity contribution in [1.29, 1.82) is 0 Å². The lowest BCUT2D eigenvalue weighted by atomic mass is 9.82. The van der Waals surface area contributed by atoms with Crippen molar-refractivity contribution in [2.75, 3.05) is 0 Å². The molecular weight excluding hydrogens is 242 g/mol. The van der Waals surface area contributed by atoms with E-state index >= 15 is 0 Å². The summed E-state index contributed by atoms with van der Waals surface area (Å²) in [5.41, 5.74) is 6.62. The summed E-state index contributed by atoms with van der Waals surface area (Å²) in [7, 11) is 0. The number of hydrogen-bond donors (Lipinski definition) is 2. The summed E-state index contributed by atoms with van der Waals surface area (Å²) in [6.45, 7) is 7.83. The van der Waals surface area contributed by atoms with Crippen LogP contribution in [0, 0.1) is 5.92 Å². The van der Waals surface area contributed by atoms with Gasteiger partial charge in [0.25, 0.3) is 0 Å². The molecule has 19 heavy (non-hydrogen) atoms. The van der Waals surface area contributed by atoms with Crippen LogP contribution in [-0.2, 0) is 9.53 Å². The van der Waals surface area contributed by atoms with Crippen LogP contribution in [-0.4, -0.2) is 28.8 Å². The zero-order chi connectivity index (χ0) is 14.2. The summed E-state index contributed by atoms with van der Waals surface area (Å²) in [4.78, 5) is 11.3. The number of carbonyl (C=O) groups is 1. The van der Waals surface area contributed by atoms with Crippen molar-refractivity contribution in [3.8, 4) is 0 Å². The number of primary amides is 1. The molecular formula is C15H23NO3. The third-order valence-corrected chi connectivity index (χ3v) is 4.41. The summed E-state index contributed by atoms with van der Waals surface area (Å²) in [5.74, 6) is -0.851. The molecule has 0 unspecified atom stereocenters. The number of epoxide rings is 1. The summed E-state index contributed by atoms with van der Waals surface area (Å²) < 4.78 is 5.67. The van der Waals surface area contributed by atoms with Crippen molar-refractivity contribution in [2.45, 2.75) is 57.3 Å². The van der Waals surface area contributed by atoms with Gasteiger partial charge in [0.15, 0.2) is 0 Å². The van der Waals surface area contributed by atoms with E-state index < -0.39 is 12.0 Å². The van der Waals surface area contributed by atoms with E-state index in [0.717, 1.165) is 19.3 Å². The summed E-state index contributed by atoms with van der Waals surface area (Å²) in [5, 5.41) is 10.5. The minimum absolute atomic E-state index is 0.208. The highest BCUT2D eigenvalue weighted by Gasteiger charge is 2.57. The third kappa shape index (κ3) is 2.90. The van der Waals surface area contributed by atoms with E-state index in [4.69, 9.17) is 10.5 Å². The third-order valence-electron chi connectivity index (χ3n) is 4.41. The van der Waals surface area contributed by atoms with E-state index in [0.29, 0.717) is 12.0 Å². The van der Waals surface area contributed by atoms with Crippen LogP contribution >= 0.6 is 0 Å². The Balaban J connectivity index is 2.21. The Labute approximate surface area is 114 Å². The molecule has 2 aliphatic rings.